The van der Waals surface area contributed by atoms with E-state index < -0.39 is 0 Å². The summed E-state index contributed by atoms with van der Waals surface area (Å²) in [5.74, 6) is 0.655. The molecular weight excluding hydrogens is 422 g/mol. The number of urea groups is 1. The summed E-state index contributed by atoms with van der Waals surface area (Å²) in [5, 5.41) is 0.615. The summed E-state index contributed by atoms with van der Waals surface area (Å²) in [6.45, 7) is 2.18. The Kier molecular flexibility index (Phi) is 6.41. The van der Waals surface area contributed by atoms with E-state index in [9.17, 15) is 9.59 Å². The standard InChI is InChI=1S/C21H24ClN5O4/c1-30-18-11-23-12-19(24-18)31-17-3-2-8-25(13-17)20(28)14-26-9-10-27(21(26)29)16-6-4-15(22)5-7-16/h4-7,11-12,17H,2-3,8-10,13-14H2,1H3. The molecule has 164 valence electrons. The number of nitrogens with zero attached hydrogens (tertiary/aromatic N) is 5. The minimum absolute atomic E-state index is 0.0502. The molecule has 2 aromatic rings. The summed E-state index contributed by atoms with van der Waals surface area (Å²) in [6.07, 6.45) is 4.48. The maximum atomic E-state index is 12.9. The number of hydrogen-bond acceptors (Lipinski definition) is 6. The lowest BCUT2D eigenvalue weighted by Gasteiger charge is -2.33. The zero-order chi connectivity index (χ0) is 21.8. The van der Waals surface area contributed by atoms with Gasteiger partial charge in [0, 0.05) is 30.3 Å². The van der Waals surface area contributed by atoms with Crippen LogP contribution in [-0.4, -0.2) is 77.6 Å². The Hall–Kier alpha value is -3.07. The van der Waals surface area contributed by atoms with Crippen LogP contribution in [-0.2, 0) is 4.79 Å². The number of anilines is 1. The molecule has 2 saturated heterocycles. The number of halogens is 1. The first-order valence-corrected chi connectivity index (χ1v) is 10.5. The lowest BCUT2D eigenvalue weighted by atomic mass is 10.1. The Bertz CT molecular complexity index is 942. The third-order valence-corrected chi connectivity index (χ3v) is 5.63. The zero-order valence-electron chi connectivity index (χ0n) is 17.2. The van der Waals surface area contributed by atoms with Crippen LogP contribution in [0.4, 0.5) is 10.5 Å². The Morgan fingerprint density at radius 3 is 2.71 bits per heavy atom. The quantitative estimate of drug-likeness (QED) is 0.678. The molecule has 2 aliphatic rings. The van der Waals surface area contributed by atoms with Crippen LogP contribution >= 0.6 is 11.6 Å². The Morgan fingerprint density at radius 2 is 1.94 bits per heavy atom. The zero-order valence-corrected chi connectivity index (χ0v) is 18.0. The van der Waals surface area contributed by atoms with Gasteiger partial charge in [-0.05, 0) is 37.1 Å². The molecular formula is C21H24ClN5O4. The molecule has 1 unspecified atom stereocenters. The van der Waals surface area contributed by atoms with E-state index >= 15 is 0 Å². The summed E-state index contributed by atoms with van der Waals surface area (Å²) in [7, 11) is 1.52. The van der Waals surface area contributed by atoms with E-state index in [1.165, 1.54) is 19.5 Å². The van der Waals surface area contributed by atoms with Crippen molar-refractivity contribution in [1.29, 1.82) is 0 Å². The van der Waals surface area contributed by atoms with E-state index in [-0.39, 0.29) is 24.6 Å². The summed E-state index contributed by atoms with van der Waals surface area (Å²) in [4.78, 5) is 38.9. The van der Waals surface area contributed by atoms with Crippen LogP contribution in [0.15, 0.2) is 36.7 Å². The summed E-state index contributed by atoms with van der Waals surface area (Å²) in [6, 6.07) is 6.93. The van der Waals surface area contributed by atoms with Gasteiger partial charge in [0.2, 0.25) is 17.7 Å². The van der Waals surface area contributed by atoms with E-state index in [1.54, 1.807) is 39.0 Å². The van der Waals surface area contributed by atoms with Crippen molar-refractivity contribution < 1.29 is 19.1 Å². The van der Waals surface area contributed by atoms with E-state index in [4.69, 9.17) is 21.1 Å². The van der Waals surface area contributed by atoms with Crippen molar-refractivity contribution in [3.63, 3.8) is 0 Å². The topological polar surface area (TPSA) is 88.1 Å². The molecule has 2 aliphatic heterocycles. The molecule has 1 aromatic heterocycles. The molecule has 3 amide bonds. The summed E-state index contributed by atoms with van der Waals surface area (Å²) < 4.78 is 11.0. The van der Waals surface area contributed by atoms with Crippen LogP contribution in [0, 0.1) is 0 Å². The van der Waals surface area contributed by atoms with Gasteiger partial charge in [-0.1, -0.05) is 11.6 Å². The first-order valence-electron chi connectivity index (χ1n) is 10.2. The average Bonchev–Trinajstić information content (AvgIpc) is 3.14. The third-order valence-electron chi connectivity index (χ3n) is 5.38. The van der Waals surface area contributed by atoms with Gasteiger partial charge in [-0.2, -0.15) is 4.98 Å². The number of ether oxygens (including phenoxy) is 2. The van der Waals surface area contributed by atoms with Crippen LogP contribution in [0.25, 0.3) is 0 Å². The maximum Gasteiger partial charge on any atom is 0.325 e. The number of hydrogen-bond donors (Lipinski definition) is 0. The first-order chi connectivity index (χ1) is 15.0. The normalized spacial score (nSPS) is 19.0. The van der Waals surface area contributed by atoms with Crippen LogP contribution in [0.3, 0.4) is 0 Å². The van der Waals surface area contributed by atoms with E-state index in [1.807, 2.05) is 0 Å². The lowest BCUT2D eigenvalue weighted by molar-refractivity contribution is -0.134. The number of carbonyl (C=O) groups is 2. The fraction of sp³-hybridized carbons (Fsp3) is 0.429. The van der Waals surface area contributed by atoms with Crippen LogP contribution < -0.4 is 14.4 Å². The highest BCUT2D eigenvalue weighted by atomic mass is 35.5. The molecule has 2 fully saturated rings. The predicted octanol–water partition coefficient (Wildman–Crippen LogP) is 2.45. The monoisotopic (exact) mass is 445 g/mol. The number of methoxy groups -OCH3 is 1. The lowest BCUT2D eigenvalue weighted by Crippen LogP contribution is -2.48. The van der Waals surface area contributed by atoms with Gasteiger partial charge in [-0.15, -0.1) is 0 Å². The first kappa shape index (κ1) is 21.2. The fourth-order valence-electron chi connectivity index (χ4n) is 3.77. The number of benzene rings is 1. The molecule has 0 saturated carbocycles. The van der Waals surface area contributed by atoms with Gasteiger partial charge in [0.25, 0.3) is 0 Å². The molecule has 0 N–H and O–H groups in total. The molecule has 9 nitrogen and oxygen atoms in total. The second-order valence-corrected chi connectivity index (χ2v) is 7.89. The summed E-state index contributed by atoms with van der Waals surface area (Å²) >= 11 is 5.93. The van der Waals surface area contributed by atoms with Gasteiger partial charge in [-0.3, -0.25) is 14.7 Å². The number of piperidine rings is 1. The average molecular weight is 446 g/mol. The van der Waals surface area contributed by atoms with Crippen molar-refractivity contribution in [1.82, 2.24) is 19.8 Å². The number of aromatic nitrogens is 2. The molecule has 10 heteroatoms. The van der Waals surface area contributed by atoms with Gasteiger partial charge in [0.15, 0.2) is 0 Å². The smallest absolute Gasteiger partial charge is 0.325 e. The second-order valence-electron chi connectivity index (χ2n) is 7.45. The molecule has 0 radical (unpaired) electrons. The molecule has 1 aromatic carbocycles. The second kappa shape index (κ2) is 9.38. The van der Waals surface area contributed by atoms with Crippen molar-refractivity contribution >= 4 is 29.2 Å². The molecule has 1 atom stereocenters. The van der Waals surface area contributed by atoms with E-state index in [0.29, 0.717) is 43.0 Å². The highest BCUT2D eigenvalue weighted by molar-refractivity contribution is 6.30. The van der Waals surface area contributed by atoms with Crippen LogP contribution in [0.2, 0.25) is 5.02 Å². The van der Waals surface area contributed by atoms with Gasteiger partial charge in [-0.25, -0.2) is 4.79 Å². The maximum absolute atomic E-state index is 12.9. The van der Waals surface area contributed by atoms with E-state index in [2.05, 4.69) is 9.97 Å². The number of likely N-dealkylation sites (tertiary alicyclic amines) is 1. The Balaban J connectivity index is 1.33. The van der Waals surface area contributed by atoms with Crippen LogP contribution in [0.1, 0.15) is 12.8 Å². The van der Waals surface area contributed by atoms with Crippen LogP contribution in [0.5, 0.6) is 11.8 Å². The van der Waals surface area contributed by atoms with Crippen molar-refractivity contribution in [2.75, 3.05) is 44.7 Å². The van der Waals surface area contributed by atoms with Gasteiger partial charge < -0.3 is 19.3 Å². The molecule has 31 heavy (non-hydrogen) atoms. The number of carbonyl (C=O) groups excluding carboxylic acids is 2. The SMILES string of the molecule is COc1cncc(OC2CCCN(C(=O)CN3CCN(c4ccc(Cl)cc4)C3=O)C2)n1. The summed E-state index contributed by atoms with van der Waals surface area (Å²) in [5.41, 5.74) is 0.773. The predicted molar refractivity (Wildman–Crippen MR) is 115 cm³/mol. The molecule has 4 rings (SSSR count). The minimum atomic E-state index is -0.182. The van der Waals surface area contributed by atoms with Crippen molar-refractivity contribution in [3.8, 4) is 11.8 Å². The molecule has 3 heterocycles. The Labute approximate surface area is 185 Å². The van der Waals surface area contributed by atoms with Gasteiger partial charge in [0.1, 0.15) is 12.6 Å². The van der Waals surface area contributed by atoms with Crippen molar-refractivity contribution in [2.24, 2.45) is 0 Å². The fourth-order valence-corrected chi connectivity index (χ4v) is 3.90. The van der Waals surface area contributed by atoms with Gasteiger partial charge >= 0.3 is 6.03 Å². The van der Waals surface area contributed by atoms with Crippen molar-refractivity contribution in [3.05, 3.63) is 41.7 Å². The molecule has 0 spiro atoms. The number of rotatable bonds is 6. The third kappa shape index (κ3) is 4.99. The van der Waals surface area contributed by atoms with E-state index in [0.717, 1.165) is 18.5 Å². The highest BCUT2D eigenvalue weighted by Crippen LogP contribution is 2.23. The van der Waals surface area contributed by atoms with Crippen molar-refractivity contribution in [2.45, 2.75) is 18.9 Å². The van der Waals surface area contributed by atoms with Gasteiger partial charge in [0.05, 0.1) is 26.0 Å². The Morgan fingerprint density at radius 1 is 1.16 bits per heavy atom. The highest BCUT2D eigenvalue weighted by Gasteiger charge is 2.33. The molecule has 0 aliphatic carbocycles. The molecule has 0 bridgehead atoms. The largest absolute Gasteiger partial charge is 0.480 e. The minimum Gasteiger partial charge on any atom is -0.480 e. The number of amides is 3.